The molecule has 0 saturated heterocycles. The molecule has 0 radical (unpaired) electrons. The van der Waals surface area contributed by atoms with Gasteiger partial charge < -0.3 is 5.32 Å². The zero-order valence-corrected chi connectivity index (χ0v) is 15.6. The molecule has 4 aromatic heterocycles. The molecular formula is C20H21N7. The number of pyridine rings is 2. The first-order valence-corrected chi connectivity index (χ1v) is 8.90. The third kappa shape index (κ3) is 3.48. The Morgan fingerprint density at radius 2 is 2.00 bits per heavy atom. The van der Waals surface area contributed by atoms with Crippen LogP contribution in [-0.2, 0) is 13.5 Å². The zero-order chi connectivity index (χ0) is 18.8. The van der Waals surface area contributed by atoms with Gasteiger partial charge in [0.05, 0.1) is 11.1 Å². The Bertz CT molecular complexity index is 1060. The number of nitrogens with zero attached hydrogens (tertiary/aromatic N) is 6. The number of anilines is 1. The summed E-state index contributed by atoms with van der Waals surface area (Å²) in [7, 11) is 1.90. The van der Waals surface area contributed by atoms with Gasteiger partial charge in [-0.15, -0.1) is 0 Å². The Labute approximate surface area is 157 Å². The Morgan fingerprint density at radius 1 is 1.11 bits per heavy atom. The summed E-state index contributed by atoms with van der Waals surface area (Å²) in [6.07, 6.45) is 6.27. The van der Waals surface area contributed by atoms with Crippen LogP contribution in [0.2, 0.25) is 0 Å². The second-order valence-corrected chi connectivity index (χ2v) is 6.63. The summed E-state index contributed by atoms with van der Waals surface area (Å²) in [5, 5.41) is 9.00. The quantitative estimate of drug-likeness (QED) is 0.589. The molecule has 0 amide bonds. The summed E-state index contributed by atoms with van der Waals surface area (Å²) < 4.78 is 1.79. The highest BCUT2D eigenvalue weighted by atomic mass is 15.3. The van der Waals surface area contributed by atoms with Crippen LogP contribution in [0, 0.1) is 6.92 Å². The minimum atomic E-state index is 0.170. The van der Waals surface area contributed by atoms with Gasteiger partial charge in [0.15, 0.2) is 11.5 Å². The normalized spacial score (nSPS) is 12.3. The van der Waals surface area contributed by atoms with E-state index in [0.29, 0.717) is 5.82 Å². The first-order chi connectivity index (χ1) is 13.1. The largest absolute Gasteiger partial charge is 0.367 e. The fraction of sp³-hybridized carbons (Fsp3) is 0.250. The average molecular weight is 359 g/mol. The van der Waals surface area contributed by atoms with Crippen LogP contribution in [0.1, 0.15) is 18.2 Å². The fourth-order valence-corrected chi connectivity index (χ4v) is 3.21. The predicted molar refractivity (Wildman–Crippen MR) is 105 cm³/mol. The third-order valence-electron chi connectivity index (χ3n) is 4.40. The van der Waals surface area contributed by atoms with Gasteiger partial charge in [0.2, 0.25) is 0 Å². The Hall–Kier alpha value is -3.35. The van der Waals surface area contributed by atoms with Crippen molar-refractivity contribution in [2.75, 3.05) is 5.32 Å². The molecule has 27 heavy (non-hydrogen) atoms. The van der Waals surface area contributed by atoms with Crippen LogP contribution in [0.3, 0.4) is 0 Å². The maximum atomic E-state index is 4.77. The second kappa shape index (κ2) is 7.11. The molecule has 1 unspecified atom stereocenters. The monoisotopic (exact) mass is 359 g/mol. The number of hydrogen-bond donors (Lipinski definition) is 1. The maximum absolute atomic E-state index is 4.77. The molecule has 4 rings (SSSR count). The van der Waals surface area contributed by atoms with Crippen LogP contribution >= 0.6 is 0 Å². The number of aryl methyl sites for hydroxylation is 2. The van der Waals surface area contributed by atoms with E-state index in [1.54, 1.807) is 17.1 Å². The average Bonchev–Trinajstić information content (AvgIpc) is 2.97. The molecule has 7 nitrogen and oxygen atoms in total. The van der Waals surface area contributed by atoms with Crippen molar-refractivity contribution in [2.24, 2.45) is 7.05 Å². The molecule has 1 N–H and O–H groups in total. The van der Waals surface area contributed by atoms with Crippen molar-refractivity contribution in [3.8, 4) is 11.5 Å². The first-order valence-electron chi connectivity index (χ1n) is 8.90. The fourth-order valence-electron chi connectivity index (χ4n) is 3.21. The van der Waals surface area contributed by atoms with Gasteiger partial charge in [-0.1, -0.05) is 12.1 Å². The van der Waals surface area contributed by atoms with Crippen molar-refractivity contribution in [3.63, 3.8) is 0 Å². The van der Waals surface area contributed by atoms with E-state index in [4.69, 9.17) is 9.97 Å². The van der Waals surface area contributed by atoms with E-state index >= 15 is 0 Å². The van der Waals surface area contributed by atoms with Gasteiger partial charge in [-0.3, -0.25) is 14.6 Å². The summed E-state index contributed by atoms with van der Waals surface area (Å²) >= 11 is 0. The minimum Gasteiger partial charge on any atom is -0.367 e. The summed E-state index contributed by atoms with van der Waals surface area (Å²) in [6, 6.07) is 9.93. The Kier molecular flexibility index (Phi) is 4.50. The zero-order valence-electron chi connectivity index (χ0n) is 15.6. The molecule has 1 atom stereocenters. The molecule has 136 valence electrons. The standard InChI is InChI=1S/C20H21N7/c1-13(11-15-7-6-9-21-12-15)23-19-17-14(2)26-27(3)20(17)25-18(24-19)16-8-4-5-10-22-16/h4-10,12-13H,11H2,1-3H3,(H,23,24,25). The van der Waals surface area contributed by atoms with Gasteiger partial charge in [0.25, 0.3) is 0 Å². The molecule has 0 saturated carbocycles. The second-order valence-electron chi connectivity index (χ2n) is 6.63. The van der Waals surface area contributed by atoms with E-state index in [9.17, 15) is 0 Å². The molecule has 0 aliphatic rings. The lowest BCUT2D eigenvalue weighted by Gasteiger charge is -2.16. The number of rotatable bonds is 5. The Morgan fingerprint density at radius 3 is 2.74 bits per heavy atom. The maximum Gasteiger partial charge on any atom is 0.182 e. The van der Waals surface area contributed by atoms with Crippen LogP contribution in [0.15, 0.2) is 48.9 Å². The van der Waals surface area contributed by atoms with E-state index in [1.807, 2.05) is 44.4 Å². The van der Waals surface area contributed by atoms with Crippen molar-refractivity contribution >= 4 is 16.9 Å². The SMILES string of the molecule is Cc1nn(C)c2nc(-c3ccccn3)nc(NC(C)Cc3cccnc3)c12. The number of nitrogens with one attached hydrogen (secondary N) is 1. The first kappa shape index (κ1) is 17.1. The highest BCUT2D eigenvalue weighted by Crippen LogP contribution is 2.27. The molecule has 0 bridgehead atoms. The topological polar surface area (TPSA) is 81.4 Å². The van der Waals surface area contributed by atoms with E-state index in [2.05, 4.69) is 33.4 Å². The van der Waals surface area contributed by atoms with Crippen molar-refractivity contribution < 1.29 is 0 Å². The molecule has 0 aromatic carbocycles. The van der Waals surface area contributed by atoms with Crippen molar-refractivity contribution in [3.05, 3.63) is 60.2 Å². The van der Waals surface area contributed by atoms with Crippen LogP contribution in [0.5, 0.6) is 0 Å². The number of aromatic nitrogens is 6. The van der Waals surface area contributed by atoms with E-state index in [-0.39, 0.29) is 6.04 Å². The van der Waals surface area contributed by atoms with Crippen molar-refractivity contribution in [2.45, 2.75) is 26.3 Å². The van der Waals surface area contributed by atoms with Crippen LogP contribution in [0.25, 0.3) is 22.6 Å². The van der Waals surface area contributed by atoms with Gasteiger partial charge in [-0.2, -0.15) is 5.10 Å². The molecule has 0 aliphatic heterocycles. The highest BCUT2D eigenvalue weighted by molar-refractivity contribution is 5.90. The lowest BCUT2D eigenvalue weighted by Crippen LogP contribution is -2.19. The summed E-state index contributed by atoms with van der Waals surface area (Å²) in [6.45, 7) is 4.11. The molecule has 4 aromatic rings. The molecule has 4 heterocycles. The van der Waals surface area contributed by atoms with E-state index < -0.39 is 0 Å². The summed E-state index contributed by atoms with van der Waals surface area (Å²) in [5.74, 6) is 1.37. The smallest absolute Gasteiger partial charge is 0.182 e. The third-order valence-corrected chi connectivity index (χ3v) is 4.40. The van der Waals surface area contributed by atoms with E-state index in [1.165, 1.54) is 5.56 Å². The molecule has 0 fully saturated rings. The summed E-state index contributed by atoms with van der Waals surface area (Å²) in [5.41, 5.74) is 3.60. The van der Waals surface area contributed by atoms with Crippen molar-refractivity contribution in [1.29, 1.82) is 0 Å². The molecule has 0 spiro atoms. The van der Waals surface area contributed by atoms with Gasteiger partial charge >= 0.3 is 0 Å². The van der Waals surface area contributed by atoms with Gasteiger partial charge in [-0.05, 0) is 44.0 Å². The highest BCUT2D eigenvalue weighted by Gasteiger charge is 2.18. The molecule has 0 aliphatic carbocycles. The number of hydrogen-bond acceptors (Lipinski definition) is 6. The number of fused-ring (bicyclic) bond motifs is 1. The Balaban J connectivity index is 1.74. The lowest BCUT2D eigenvalue weighted by molar-refractivity contribution is 0.772. The van der Waals surface area contributed by atoms with Gasteiger partial charge in [-0.25, -0.2) is 9.97 Å². The van der Waals surface area contributed by atoms with Gasteiger partial charge in [0, 0.05) is 31.7 Å². The lowest BCUT2D eigenvalue weighted by atomic mass is 10.1. The predicted octanol–water partition coefficient (Wildman–Crippen LogP) is 3.17. The molecule has 7 heteroatoms. The van der Waals surface area contributed by atoms with E-state index in [0.717, 1.165) is 34.7 Å². The van der Waals surface area contributed by atoms with Crippen LogP contribution < -0.4 is 5.32 Å². The van der Waals surface area contributed by atoms with Crippen LogP contribution in [0.4, 0.5) is 5.82 Å². The summed E-state index contributed by atoms with van der Waals surface area (Å²) in [4.78, 5) is 18.0. The van der Waals surface area contributed by atoms with Gasteiger partial charge in [0.1, 0.15) is 11.5 Å². The molecular weight excluding hydrogens is 338 g/mol. The van der Waals surface area contributed by atoms with Crippen molar-refractivity contribution in [1.82, 2.24) is 29.7 Å². The van der Waals surface area contributed by atoms with Crippen LogP contribution in [-0.4, -0.2) is 35.8 Å². The minimum absolute atomic E-state index is 0.170.